The normalized spacial score (nSPS) is 10.8. The fraction of sp³-hybridized carbons (Fsp3) is 0.348. The molecule has 0 saturated carbocycles. The highest BCUT2D eigenvalue weighted by Crippen LogP contribution is 2.39. The van der Waals surface area contributed by atoms with E-state index in [1.165, 1.54) is 25.6 Å². The molecule has 3 rings (SSSR count). The predicted molar refractivity (Wildman–Crippen MR) is 129 cm³/mol. The molecule has 10 heteroatoms. The number of hydrogen-bond acceptors (Lipinski definition) is 7. The molecule has 0 saturated heterocycles. The van der Waals surface area contributed by atoms with Crippen molar-refractivity contribution in [2.75, 3.05) is 25.6 Å². The van der Waals surface area contributed by atoms with Crippen molar-refractivity contribution in [2.45, 2.75) is 32.6 Å². The number of rotatable bonds is 11. The van der Waals surface area contributed by atoms with Crippen LogP contribution in [-0.2, 0) is 9.53 Å². The first-order valence-electron chi connectivity index (χ1n) is 10.5. The van der Waals surface area contributed by atoms with Gasteiger partial charge in [-0.3, -0.25) is 14.6 Å². The Morgan fingerprint density at radius 1 is 1.15 bits per heavy atom. The SMILES string of the molecule is CCOC(=O)CCCCCOc1c(OC)ccc2c(Nc3c(Cl)cncc3Cl)cc(=O)[nH]c12. The van der Waals surface area contributed by atoms with E-state index in [4.69, 9.17) is 37.4 Å². The van der Waals surface area contributed by atoms with Crippen molar-refractivity contribution in [2.24, 2.45) is 0 Å². The third-order valence-electron chi connectivity index (χ3n) is 4.85. The Labute approximate surface area is 201 Å². The lowest BCUT2D eigenvalue weighted by Crippen LogP contribution is -2.09. The molecule has 0 atom stereocenters. The average molecular weight is 494 g/mol. The standard InChI is InChI=1S/C23H25Cl2N3O5/c1-3-32-20(30)7-5-4-6-10-33-23-18(31-2)9-8-14-17(11-19(29)28-21(14)23)27-22-15(24)12-26-13-16(22)25/h8-9,11-13H,3-7,10H2,1-2H3,(H2,26,27,28,29). The molecule has 2 N–H and O–H groups in total. The van der Waals surface area contributed by atoms with Crippen molar-refractivity contribution >= 4 is 51.4 Å². The van der Waals surface area contributed by atoms with E-state index in [1.54, 1.807) is 13.0 Å². The van der Waals surface area contributed by atoms with Crippen LogP contribution in [0.5, 0.6) is 11.5 Å². The van der Waals surface area contributed by atoms with Crippen LogP contribution in [0, 0.1) is 0 Å². The molecule has 0 aliphatic heterocycles. The first-order valence-corrected chi connectivity index (χ1v) is 11.3. The Balaban J connectivity index is 1.81. The van der Waals surface area contributed by atoms with Crippen molar-refractivity contribution in [1.82, 2.24) is 9.97 Å². The van der Waals surface area contributed by atoms with Gasteiger partial charge in [0.05, 0.1) is 47.3 Å². The van der Waals surface area contributed by atoms with Gasteiger partial charge < -0.3 is 24.5 Å². The van der Waals surface area contributed by atoms with E-state index in [9.17, 15) is 9.59 Å². The maximum Gasteiger partial charge on any atom is 0.305 e. The zero-order valence-corrected chi connectivity index (χ0v) is 19.9. The lowest BCUT2D eigenvalue weighted by atomic mass is 10.1. The van der Waals surface area contributed by atoms with Gasteiger partial charge in [0.15, 0.2) is 11.5 Å². The smallest absolute Gasteiger partial charge is 0.305 e. The molecule has 176 valence electrons. The number of carbonyl (C=O) groups excluding carboxylic acids is 1. The molecule has 0 aliphatic carbocycles. The number of unbranched alkanes of at least 4 members (excludes halogenated alkanes) is 2. The number of methoxy groups -OCH3 is 1. The second kappa shape index (κ2) is 11.8. The van der Waals surface area contributed by atoms with Crippen molar-refractivity contribution < 1.29 is 19.0 Å². The largest absolute Gasteiger partial charge is 0.493 e. The number of aromatic amines is 1. The van der Waals surface area contributed by atoms with Crippen LogP contribution in [0.3, 0.4) is 0 Å². The second-order valence-corrected chi connectivity index (χ2v) is 7.95. The number of fused-ring (bicyclic) bond motifs is 1. The monoisotopic (exact) mass is 493 g/mol. The summed E-state index contributed by atoms with van der Waals surface area (Å²) in [5.41, 5.74) is 1.10. The summed E-state index contributed by atoms with van der Waals surface area (Å²) in [5.74, 6) is 0.719. The molecule has 0 aliphatic rings. The van der Waals surface area contributed by atoms with Crippen LogP contribution < -0.4 is 20.3 Å². The van der Waals surface area contributed by atoms with Crippen LogP contribution in [-0.4, -0.2) is 36.3 Å². The molecule has 8 nitrogen and oxygen atoms in total. The van der Waals surface area contributed by atoms with Crippen LogP contribution in [0.2, 0.25) is 10.0 Å². The number of halogens is 2. The third-order valence-corrected chi connectivity index (χ3v) is 5.42. The maximum atomic E-state index is 12.4. The molecular weight excluding hydrogens is 469 g/mol. The Bertz CT molecular complexity index is 1160. The average Bonchev–Trinajstić information content (AvgIpc) is 2.78. The van der Waals surface area contributed by atoms with Gasteiger partial charge in [-0.1, -0.05) is 23.2 Å². The summed E-state index contributed by atoms with van der Waals surface area (Å²) in [6, 6.07) is 4.99. The number of anilines is 2. The first-order chi connectivity index (χ1) is 15.9. The molecule has 0 fully saturated rings. The number of nitrogens with one attached hydrogen (secondary N) is 2. The number of nitrogens with zero attached hydrogens (tertiary/aromatic N) is 1. The third kappa shape index (κ3) is 6.30. The van der Waals surface area contributed by atoms with E-state index >= 15 is 0 Å². The van der Waals surface area contributed by atoms with E-state index < -0.39 is 0 Å². The van der Waals surface area contributed by atoms with Crippen LogP contribution in [0.25, 0.3) is 10.9 Å². The zero-order chi connectivity index (χ0) is 23.8. The van der Waals surface area contributed by atoms with E-state index in [1.807, 2.05) is 6.07 Å². The molecule has 2 aromatic heterocycles. The number of esters is 1. The van der Waals surface area contributed by atoms with Crippen molar-refractivity contribution in [1.29, 1.82) is 0 Å². The lowest BCUT2D eigenvalue weighted by Gasteiger charge is -2.16. The summed E-state index contributed by atoms with van der Waals surface area (Å²) in [6.45, 7) is 2.56. The quantitative estimate of drug-likeness (QED) is 0.269. The summed E-state index contributed by atoms with van der Waals surface area (Å²) in [6.07, 6.45) is 5.55. The van der Waals surface area contributed by atoms with Crippen molar-refractivity contribution in [3.8, 4) is 11.5 Å². The predicted octanol–water partition coefficient (Wildman–Crippen LogP) is 5.48. The van der Waals surface area contributed by atoms with E-state index in [-0.39, 0.29) is 11.5 Å². The number of ether oxygens (including phenoxy) is 3. The van der Waals surface area contributed by atoms with Gasteiger partial charge in [-0.05, 0) is 38.3 Å². The van der Waals surface area contributed by atoms with E-state index in [0.717, 1.165) is 12.8 Å². The van der Waals surface area contributed by atoms with E-state index in [0.29, 0.717) is 69.9 Å². The number of benzene rings is 1. The molecule has 0 bridgehead atoms. The molecule has 3 aromatic rings. The number of carbonyl (C=O) groups is 1. The summed E-state index contributed by atoms with van der Waals surface area (Å²) >= 11 is 12.5. The number of hydrogen-bond donors (Lipinski definition) is 2. The minimum atomic E-state index is -0.334. The summed E-state index contributed by atoms with van der Waals surface area (Å²) in [5, 5.41) is 4.47. The summed E-state index contributed by atoms with van der Waals surface area (Å²) in [4.78, 5) is 30.6. The summed E-state index contributed by atoms with van der Waals surface area (Å²) < 4.78 is 16.4. The molecule has 33 heavy (non-hydrogen) atoms. The maximum absolute atomic E-state index is 12.4. The van der Waals surface area contributed by atoms with Gasteiger partial charge in [0.25, 0.3) is 5.56 Å². The molecule has 1 aromatic carbocycles. The minimum absolute atomic E-state index is 0.193. The van der Waals surface area contributed by atoms with Gasteiger partial charge in [0, 0.05) is 30.3 Å². The molecule has 0 radical (unpaired) electrons. The highest BCUT2D eigenvalue weighted by Gasteiger charge is 2.16. The molecule has 0 unspecified atom stereocenters. The molecule has 0 amide bonds. The molecule has 0 spiro atoms. The van der Waals surface area contributed by atoms with Gasteiger partial charge in [-0.15, -0.1) is 0 Å². The fourth-order valence-corrected chi connectivity index (χ4v) is 3.77. The highest BCUT2D eigenvalue weighted by atomic mass is 35.5. The van der Waals surface area contributed by atoms with E-state index in [2.05, 4.69) is 15.3 Å². The number of H-pyrrole nitrogens is 1. The topological polar surface area (TPSA) is 103 Å². The highest BCUT2D eigenvalue weighted by molar-refractivity contribution is 6.39. The Hall–Kier alpha value is -2.97. The minimum Gasteiger partial charge on any atom is -0.493 e. The second-order valence-electron chi connectivity index (χ2n) is 7.13. The number of aromatic nitrogens is 2. The van der Waals surface area contributed by atoms with Crippen molar-refractivity contribution in [3.05, 3.63) is 51.0 Å². The van der Waals surface area contributed by atoms with Crippen molar-refractivity contribution in [3.63, 3.8) is 0 Å². The first kappa shape index (κ1) is 24.7. The number of pyridine rings is 2. The van der Waals surface area contributed by atoms with Gasteiger partial charge in [-0.2, -0.15) is 0 Å². The Morgan fingerprint density at radius 3 is 2.61 bits per heavy atom. The van der Waals surface area contributed by atoms with Gasteiger partial charge >= 0.3 is 5.97 Å². The Morgan fingerprint density at radius 2 is 1.91 bits per heavy atom. The Kier molecular flexibility index (Phi) is 8.79. The van der Waals surface area contributed by atoms with Gasteiger partial charge in [0.2, 0.25) is 0 Å². The van der Waals surface area contributed by atoms with Crippen LogP contribution in [0.4, 0.5) is 11.4 Å². The van der Waals surface area contributed by atoms with Crippen LogP contribution in [0.15, 0.2) is 35.4 Å². The molecule has 2 heterocycles. The zero-order valence-electron chi connectivity index (χ0n) is 18.4. The van der Waals surface area contributed by atoms with Gasteiger partial charge in [0.1, 0.15) is 0 Å². The molecular formula is C23H25Cl2N3O5. The van der Waals surface area contributed by atoms with Crippen LogP contribution in [0.1, 0.15) is 32.6 Å². The van der Waals surface area contributed by atoms with Gasteiger partial charge in [-0.25, -0.2) is 0 Å². The lowest BCUT2D eigenvalue weighted by molar-refractivity contribution is -0.143. The summed E-state index contributed by atoms with van der Waals surface area (Å²) in [7, 11) is 1.53. The fourth-order valence-electron chi connectivity index (χ4n) is 3.31. The van der Waals surface area contributed by atoms with Crippen LogP contribution >= 0.6 is 23.2 Å².